The highest BCUT2D eigenvalue weighted by Crippen LogP contribution is 2.20. The van der Waals surface area contributed by atoms with E-state index < -0.39 is 0 Å². The molecule has 0 saturated heterocycles. The minimum absolute atomic E-state index is 0.0312. The molecule has 0 bridgehead atoms. The van der Waals surface area contributed by atoms with Crippen molar-refractivity contribution < 1.29 is 4.74 Å². The fraction of sp³-hybridized carbons (Fsp3) is 0.636. The number of rotatable bonds is 2. The first-order valence-corrected chi connectivity index (χ1v) is 6.03. The van der Waals surface area contributed by atoms with Gasteiger partial charge in [0.1, 0.15) is 6.10 Å². The minimum Gasteiger partial charge on any atom is -0.458 e. The maximum Gasteiger partial charge on any atom is 0.316 e. The summed E-state index contributed by atoms with van der Waals surface area (Å²) < 4.78 is 5.70. The van der Waals surface area contributed by atoms with Crippen molar-refractivity contribution in [1.82, 2.24) is 9.97 Å². The lowest BCUT2D eigenvalue weighted by atomic mass is 10.1. The van der Waals surface area contributed by atoms with Gasteiger partial charge in [0.2, 0.25) is 0 Å². The fourth-order valence-electron chi connectivity index (χ4n) is 1.95. The van der Waals surface area contributed by atoms with Crippen molar-refractivity contribution in [2.75, 3.05) is 0 Å². The Labute approximate surface area is 100 Å². The van der Waals surface area contributed by atoms with Crippen LogP contribution in [0.15, 0.2) is 12.4 Å². The van der Waals surface area contributed by atoms with Crippen LogP contribution in [0.4, 0.5) is 0 Å². The normalized spacial score (nSPS) is 26.1. The summed E-state index contributed by atoms with van der Waals surface area (Å²) in [5, 5.41) is 0.512. The molecule has 0 aromatic carbocycles. The van der Waals surface area contributed by atoms with Gasteiger partial charge in [-0.2, -0.15) is 0 Å². The molecule has 1 aromatic rings. The molecule has 16 heavy (non-hydrogen) atoms. The van der Waals surface area contributed by atoms with E-state index in [-0.39, 0.29) is 12.1 Å². The molecule has 2 rings (SSSR count). The van der Waals surface area contributed by atoms with E-state index in [1.807, 2.05) is 0 Å². The number of ether oxygens (including phenoxy) is 1. The lowest BCUT2D eigenvalue weighted by Crippen LogP contribution is -2.38. The van der Waals surface area contributed by atoms with Crippen molar-refractivity contribution in [2.45, 2.75) is 44.2 Å². The molecule has 0 radical (unpaired) electrons. The van der Waals surface area contributed by atoms with E-state index in [0.29, 0.717) is 11.0 Å². The summed E-state index contributed by atoms with van der Waals surface area (Å²) in [5.41, 5.74) is 6.05. The molecule has 0 amide bonds. The summed E-state index contributed by atoms with van der Waals surface area (Å²) in [5.74, 6) is 0. The van der Waals surface area contributed by atoms with Crippen molar-refractivity contribution in [3.8, 4) is 6.01 Å². The molecule has 1 heterocycles. The SMILES string of the molecule is NC1CCCCCC1Oc1ncc(Cl)cn1. The van der Waals surface area contributed by atoms with Gasteiger partial charge in [0.25, 0.3) is 0 Å². The Morgan fingerprint density at radius 3 is 2.62 bits per heavy atom. The van der Waals surface area contributed by atoms with Crippen LogP contribution in [-0.4, -0.2) is 22.1 Å². The van der Waals surface area contributed by atoms with Crippen molar-refractivity contribution >= 4 is 11.6 Å². The smallest absolute Gasteiger partial charge is 0.316 e. The Hall–Kier alpha value is -0.870. The molecule has 1 aliphatic carbocycles. The molecule has 2 unspecified atom stereocenters. The highest BCUT2D eigenvalue weighted by Gasteiger charge is 2.22. The maximum absolute atomic E-state index is 6.05. The Morgan fingerprint density at radius 2 is 1.88 bits per heavy atom. The van der Waals surface area contributed by atoms with Gasteiger partial charge in [0.05, 0.1) is 17.4 Å². The molecule has 4 nitrogen and oxygen atoms in total. The maximum atomic E-state index is 6.05. The molecule has 0 spiro atoms. The molecule has 0 aliphatic heterocycles. The highest BCUT2D eigenvalue weighted by atomic mass is 35.5. The molecule has 1 saturated carbocycles. The monoisotopic (exact) mass is 241 g/mol. The van der Waals surface area contributed by atoms with Crippen molar-refractivity contribution in [2.24, 2.45) is 5.73 Å². The molecule has 1 fully saturated rings. The molecular formula is C11H16ClN3O. The topological polar surface area (TPSA) is 61.0 Å². The average Bonchev–Trinajstić information content (AvgIpc) is 2.48. The number of aromatic nitrogens is 2. The van der Waals surface area contributed by atoms with Crippen LogP contribution in [0.5, 0.6) is 6.01 Å². The zero-order valence-electron chi connectivity index (χ0n) is 9.10. The van der Waals surface area contributed by atoms with Gasteiger partial charge in [-0.15, -0.1) is 0 Å². The zero-order valence-corrected chi connectivity index (χ0v) is 9.86. The Kier molecular flexibility index (Phi) is 3.96. The number of hydrogen-bond acceptors (Lipinski definition) is 4. The lowest BCUT2D eigenvalue weighted by Gasteiger charge is -2.21. The van der Waals surface area contributed by atoms with Crippen molar-refractivity contribution in [3.05, 3.63) is 17.4 Å². The first-order valence-electron chi connectivity index (χ1n) is 5.65. The van der Waals surface area contributed by atoms with E-state index >= 15 is 0 Å². The number of nitrogens with zero attached hydrogens (tertiary/aromatic N) is 2. The Bertz CT molecular complexity index is 331. The highest BCUT2D eigenvalue weighted by molar-refractivity contribution is 6.30. The Morgan fingerprint density at radius 1 is 1.19 bits per heavy atom. The molecule has 1 aromatic heterocycles. The van der Waals surface area contributed by atoms with Gasteiger partial charge in [0, 0.05) is 6.04 Å². The number of halogens is 1. The summed E-state index contributed by atoms with van der Waals surface area (Å²) in [6, 6.07) is 0.452. The summed E-state index contributed by atoms with van der Waals surface area (Å²) in [4.78, 5) is 8.03. The fourth-order valence-corrected chi connectivity index (χ4v) is 2.04. The van der Waals surface area contributed by atoms with Gasteiger partial charge in [0.15, 0.2) is 0 Å². The van der Waals surface area contributed by atoms with Crippen LogP contribution in [0.2, 0.25) is 5.02 Å². The third-order valence-electron chi connectivity index (χ3n) is 2.86. The number of nitrogens with two attached hydrogens (primary N) is 1. The van der Waals surface area contributed by atoms with Gasteiger partial charge in [-0.05, 0) is 19.3 Å². The predicted molar refractivity (Wildman–Crippen MR) is 62.5 cm³/mol. The van der Waals surface area contributed by atoms with Crippen LogP contribution in [0.3, 0.4) is 0 Å². The quantitative estimate of drug-likeness (QED) is 0.807. The largest absolute Gasteiger partial charge is 0.458 e. The third kappa shape index (κ3) is 3.06. The van der Waals surface area contributed by atoms with Crippen LogP contribution in [0.1, 0.15) is 32.1 Å². The Balaban J connectivity index is 1.99. The summed E-state index contributed by atoms with van der Waals surface area (Å²) in [6.45, 7) is 0. The standard InChI is InChI=1S/C11H16ClN3O/c12-8-6-14-11(15-7-8)16-10-5-3-1-2-4-9(10)13/h6-7,9-10H,1-5,13H2. The molecule has 5 heteroatoms. The average molecular weight is 242 g/mol. The summed E-state index contributed by atoms with van der Waals surface area (Å²) in [7, 11) is 0. The molecule has 88 valence electrons. The van der Waals surface area contributed by atoms with Gasteiger partial charge in [-0.1, -0.05) is 24.4 Å². The van der Waals surface area contributed by atoms with Gasteiger partial charge < -0.3 is 10.5 Å². The van der Waals surface area contributed by atoms with Crippen molar-refractivity contribution in [3.63, 3.8) is 0 Å². The molecular weight excluding hydrogens is 226 g/mol. The first kappa shape index (κ1) is 11.6. The zero-order chi connectivity index (χ0) is 11.4. The molecule has 2 N–H and O–H groups in total. The van der Waals surface area contributed by atoms with Crippen LogP contribution >= 0.6 is 11.6 Å². The van der Waals surface area contributed by atoms with Crippen LogP contribution < -0.4 is 10.5 Å². The van der Waals surface area contributed by atoms with Gasteiger partial charge in [-0.25, -0.2) is 9.97 Å². The predicted octanol–water partition coefficient (Wildman–Crippen LogP) is 2.17. The lowest BCUT2D eigenvalue weighted by molar-refractivity contribution is 0.148. The second kappa shape index (κ2) is 5.46. The summed E-state index contributed by atoms with van der Waals surface area (Å²) >= 11 is 5.70. The van der Waals surface area contributed by atoms with Crippen LogP contribution in [-0.2, 0) is 0 Å². The number of hydrogen-bond donors (Lipinski definition) is 1. The van der Waals surface area contributed by atoms with E-state index in [1.165, 1.54) is 25.2 Å². The van der Waals surface area contributed by atoms with Crippen LogP contribution in [0, 0.1) is 0 Å². The van der Waals surface area contributed by atoms with E-state index in [0.717, 1.165) is 19.3 Å². The first-order chi connectivity index (χ1) is 7.75. The van der Waals surface area contributed by atoms with E-state index in [2.05, 4.69) is 9.97 Å². The van der Waals surface area contributed by atoms with E-state index in [4.69, 9.17) is 22.1 Å². The second-order valence-corrected chi connectivity index (χ2v) is 4.58. The van der Waals surface area contributed by atoms with E-state index in [9.17, 15) is 0 Å². The van der Waals surface area contributed by atoms with Crippen molar-refractivity contribution in [1.29, 1.82) is 0 Å². The molecule has 2 atom stereocenters. The van der Waals surface area contributed by atoms with E-state index in [1.54, 1.807) is 0 Å². The van der Waals surface area contributed by atoms with Gasteiger partial charge in [-0.3, -0.25) is 0 Å². The third-order valence-corrected chi connectivity index (χ3v) is 3.05. The second-order valence-electron chi connectivity index (χ2n) is 4.14. The molecule has 1 aliphatic rings. The summed E-state index contributed by atoms with van der Waals surface area (Å²) in [6.07, 6.45) is 8.66. The minimum atomic E-state index is 0.0312. The van der Waals surface area contributed by atoms with Gasteiger partial charge >= 0.3 is 6.01 Å². The van der Waals surface area contributed by atoms with Crippen LogP contribution in [0.25, 0.3) is 0 Å².